The molecule has 2 rings (SSSR count). The lowest BCUT2D eigenvalue weighted by atomic mass is 9.99. The maximum atomic E-state index is 12.1. The number of carbonyl (C=O) groups excluding carboxylic acids is 1. The van der Waals surface area contributed by atoms with Crippen LogP contribution in [0, 0.1) is 17.8 Å². The van der Waals surface area contributed by atoms with E-state index in [0.29, 0.717) is 6.54 Å². The molecule has 1 unspecified atom stereocenters. The predicted molar refractivity (Wildman–Crippen MR) is 80.6 cm³/mol. The lowest BCUT2D eigenvalue weighted by Crippen LogP contribution is -2.42. The molecule has 114 valence electrons. The Balaban J connectivity index is 1.95. The second-order valence-electron chi connectivity index (χ2n) is 6.44. The lowest BCUT2D eigenvalue weighted by Gasteiger charge is -2.32. The zero-order valence-corrected chi connectivity index (χ0v) is 13.2. The van der Waals surface area contributed by atoms with E-state index in [0.717, 1.165) is 24.9 Å². The Kier molecular flexibility index (Phi) is 4.56. The summed E-state index contributed by atoms with van der Waals surface area (Å²) in [5.41, 5.74) is 0.456. The Morgan fingerprint density at radius 3 is 2.86 bits per heavy atom. The minimum Gasteiger partial charge on any atom is -0.444 e. The van der Waals surface area contributed by atoms with Crippen molar-refractivity contribution in [3.05, 3.63) is 18.0 Å². The van der Waals surface area contributed by atoms with Gasteiger partial charge in [0.1, 0.15) is 5.60 Å². The minimum atomic E-state index is -0.453. The molecule has 1 aliphatic rings. The van der Waals surface area contributed by atoms with Gasteiger partial charge >= 0.3 is 6.09 Å². The van der Waals surface area contributed by atoms with E-state index in [4.69, 9.17) is 4.74 Å². The first-order valence-corrected chi connectivity index (χ1v) is 7.31. The third kappa shape index (κ3) is 4.82. The van der Waals surface area contributed by atoms with Gasteiger partial charge in [0.05, 0.1) is 11.8 Å². The lowest BCUT2D eigenvalue weighted by molar-refractivity contribution is 0.0190. The van der Waals surface area contributed by atoms with E-state index in [-0.39, 0.29) is 12.0 Å². The molecular weight excluding hydrogens is 266 g/mol. The van der Waals surface area contributed by atoms with Crippen LogP contribution in [0.4, 0.5) is 4.79 Å². The molecule has 0 saturated carbocycles. The fraction of sp³-hybridized carbons (Fsp3) is 0.625. The number of aromatic nitrogens is 2. The minimum absolute atomic E-state index is 0.200. The largest absolute Gasteiger partial charge is 0.444 e. The van der Waals surface area contributed by atoms with Crippen molar-refractivity contribution in [2.45, 2.75) is 39.2 Å². The maximum absolute atomic E-state index is 12.1. The van der Waals surface area contributed by atoms with Crippen LogP contribution in [-0.4, -0.2) is 39.5 Å². The van der Waals surface area contributed by atoms with Gasteiger partial charge in [-0.3, -0.25) is 4.68 Å². The van der Waals surface area contributed by atoms with Gasteiger partial charge in [-0.25, -0.2) is 4.79 Å². The summed E-state index contributed by atoms with van der Waals surface area (Å²) in [6, 6.07) is 0. The Bertz CT molecular complexity index is 560. The van der Waals surface area contributed by atoms with Gasteiger partial charge in [0, 0.05) is 32.3 Å². The average Bonchev–Trinajstić information content (AvgIpc) is 2.81. The molecule has 0 radical (unpaired) electrons. The van der Waals surface area contributed by atoms with E-state index >= 15 is 0 Å². The van der Waals surface area contributed by atoms with E-state index in [1.54, 1.807) is 15.8 Å². The van der Waals surface area contributed by atoms with Crippen molar-refractivity contribution in [3.8, 4) is 11.8 Å². The number of rotatable bonds is 0. The van der Waals surface area contributed by atoms with Gasteiger partial charge in [-0.15, -0.1) is 0 Å². The van der Waals surface area contributed by atoms with Crippen molar-refractivity contribution in [2.75, 3.05) is 13.1 Å². The summed E-state index contributed by atoms with van der Waals surface area (Å²) in [6.45, 7) is 7.04. The smallest absolute Gasteiger partial charge is 0.410 e. The second kappa shape index (κ2) is 6.21. The number of ether oxygens (including phenoxy) is 1. The van der Waals surface area contributed by atoms with E-state index < -0.39 is 5.60 Å². The standard InChI is InChI=1S/C16H23N3O2/c1-16(2,3)21-15(20)19-9-5-6-13(12-19)7-8-14-10-17-18(4)11-14/h10-11,13H,5-6,9,12H2,1-4H3. The summed E-state index contributed by atoms with van der Waals surface area (Å²) in [6.07, 6.45) is 5.39. The van der Waals surface area contributed by atoms with Gasteiger partial charge in [0.2, 0.25) is 0 Å². The molecular formula is C16H23N3O2. The molecule has 1 atom stereocenters. The summed E-state index contributed by atoms with van der Waals surface area (Å²) in [4.78, 5) is 13.8. The third-order valence-corrected chi connectivity index (χ3v) is 3.20. The van der Waals surface area contributed by atoms with Gasteiger partial charge in [-0.1, -0.05) is 11.8 Å². The first-order valence-electron chi connectivity index (χ1n) is 7.31. The molecule has 2 heterocycles. The molecule has 0 N–H and O–H groups in total. The van der Waals surface area contributed by atoms with Crippen LogP contribution in [0.3, 0.4) is 0 Å². The van der Waals surface area contributed by atoms with Crippen LogP contribution in [0.15, 0.2) is 12.4 Å². The number of amides is 1. The molecule has 0 aromatic carbocycles. The summed E-state index contributed by atoms with van der Waals surface area (Å²) in [5, 5.41) is 4.09. The molecule has 1 aromatic heterocycles. The highest BCUT2D eigenvalue weighted by molar-refractivity contribution is 5.68. The Morgan fingerprint density at radius 2 is 2.24 bits per heavy atom. The zero-order valence-electron chi connectivity index (χ0n) is 13.2. The van der Waals surface area contributed by atoms with Crippen molar-refractivity contribution in [1.29, 1.82) is 0 Å². The molecule has 1 fully saturated rings. The normalized spacial score (nSPS) is 18.9. The number of hydrogen-bond donors (Lipinski definition) is 0. The molecule has 5 nitrogen and oxygen atoms in total. The highest BCUT2D eigenvalue weighted by Crippen LogP contribution is 2.18. The van der Waals surface area contributed by atoms with E-state index in [1.165, 1.54) is 0 Å². The molecule has 5 heteroatoms. The Labute approximate surface area is 126 Å². The number of piperidine rings is 1. The third-order valence-electron chi connectivity index (χ3n) is 3.20. The van der Waals surface area contributed by atoms with Crippen LogP contribution >= 0.6 is 0 Å². The zero-order chi connectivity index (χ0) is 15.5. The number of carbonyl (C=O) groups is 1. The van der Waals surface area contributed by atoms with Crippen molar-refractivity contribution in [1.82, 2.24) is 14.7 Å². The van der Waals surface area contributed by atoms with Gasteiger partial charge in [-0.05, 0) is 33.6 Å². The summed E-state index contributed by atoms with van der Waals surface area (Å²) >= 11 is 0. The molecule has 21 heavy (non-hydrogen) atoms. The SMILES string of the molecule is Cn1cc(C#CC2CCCN(C(=O)OC(C)(C)C)C2)cn1. The molecule has 0 aliphatic carbocycles. The first kappa shape index (κ1) is 15.4. The highest BCUT2D eigenvalue weighted by Gasteiger charge is 2.26. The van der Waals surface area contributed by atoms with E-state index in [1.807, 2.05) is 34.0 Å². The quantitative estimate of drug-likeness (QED) is 0.689. The van der Waals surface area contributed by atoms with E-state index in [9.17, 15) is 4.79 Å². The van der Waals surface area contributed by atoms with Crippen LogP contribution in [0.25, 0.3) is 0 Å². The fourth-order valence-electron chi connectivity index (χ4n) is 2.26. The first-order chi connectivity index (χ1) is 9.83. The van der Waals surface area contributed by atoms with Crippen molar-refractivity contribution < 1.29 is 9.53 Å². The monoisotopic (exact) mass is 289 g/mol. The number of aryl methyl sites for hydroxylation is 1. The Hall–Kier alpha value is -1.96. The molecule has 0 bridgehead atoms. The van der Waals surface area contributed by atoms with Gasteiger partial charge < -0.3 is 9.64 Å². The number of nitrogens with zero attached hydrogens (tertiary/aromatic N) is 3. The van der Waals surface area contributed by atoms with Crippen molar-refractivity contribution in [3.63, 3.8) is 0 Å². The van der Waals surface area contributed by atoms with Gasteiger partial charge in [-0.2, -0.15) is 5.10 Å². The number of likely N-dealkylation sites (tertiary alicyclic amines) is 1. The topological polar surface area (TPSA) is 47.4 Å². The van der Waals surface area contributed by atoms with Crippen LogP contribution in [0.5, 0.6) is 0 Å². The predicted octanol–water partition coefficient (Wildman–Crippen LogP) is 2.42. The van der Waals surface area contributed by atoms with Crippen LogP contribution in [0.2, 0.25) is 0 Å². The molecule has 1 aliphatic heterocycles. The summed E-state index contributed by atoms with van der Waals surface area (Å²) in [7, 11) is 1.87. The van der Waals surface area contributed by atoms with Gasteiger partial charge in [0.15, 0.2) is 0 Å². The molecule has 1 amide bonds. The molecule has 1 saturated heterocycles. The Morgan fingerprint density at radius 1 is 1.48 bits per heavy atom. The summed E-state index contributed by atoms with van der Waals surface area (Å²) < 4.78 is 7.15. The van der Waals surface area contributed by atoms with Gasteiger partial charge in [0.25, 0.3) is 0 Å². The second-order valence-corrected chi connectivity index (χ2v) is 6.44. The van der Waals surface area contributed by atoms with E-state index in [2.05, 4.69) is 16.9 Å². The molecule has 0 spiro atoms. The molecule has 1 aromatic rings. The van der Waals surface area contributed by atoms with Crippen molar-refractivity contribution >= 4 is 6.09 Å². The van der Waals surface area contributed by atoms with Crippen LogP contribution in [-0.2, 0) is 11.8 Å². The summed E-state index contributed by atoms with van der Waals surface area (Å²) in [5.74, 6) is 6.58. The highest BCUT2D eigenvalue weighted by atomic mass is 16.6. The number of hydrogen-bond acceptors (Lipinski definition) is 3. The fourth-order valence-corrected chi connectivity index (χ4v) is 2.26. The maximum Gasteiger partial charge on any atom is 0.410 e. The van der Waals surface area contributed by atoms with Crippen LogP contribution < -0.4 is 0 Å². The van der Waals surface area contributed by atoms with Crippen molar-refractivity contribution in [2.24, 2.45) is 13.0 Å². The average molecular weight is 289 g/mol. The van der Waals surface area contributed by atoms with Crippen LogP contribution in [0.1, 0.15) is 39.2 Å².